The van der Waals surface area contributed by atoms with Crippen LogP contribution < -0.4 is 5.73 Å². The first kappa shape index (κ1) is 13.4. The first-order valence-electron chi connectivity index (χ1n) is 6.75. The van der Waals surface area contributed by atoms with Crippen molar-refractivity contribution in [2.24, 2.45) is 11.7 Å². The minimum Gasteiger partial charge on any atom is -0.508 e. The van der Waals surface area contributed by atoms with Crippen LogP contribution in [0.2, 0.25) is 0 Å². The van der Waals surface area contributed by atoms with Gasteiger partial charge in [0.2, 0.25) is 0 Å². The molecule has 0 bridgehead atoms. The number of nitrogens with zero attached hydrogens (tertiary/aromatic N) is 1. The van der Waals surface area contributed by atoms with Gasteiger partial charge in [-0.15, -0.1) is 0 Å². The van der Waals surface area contributed by atoms with E-state index in [1.807, 2.05) is 12.1 Å². The quantitative estimate of drug-likeness (QED) is 0.864. The van der Waals surface area contributed by atoms with Crippen LogP contribution in [0.25, 0.3) is 0 Å². The summed E-state index contributed by atoms with van der Waals surface area (Å²) in [7, 11) is 2.14. The van der Waals surface area contributed by atoms with Gasteiger partial charge in [0, 0.05) is 12.6 Å². The van der Waals surface area contributed by atoms with Gasteiger partial charge >= 0.3 is 0 Å². The normalized spacial score (nSPS) is 24.9. The third kappa shape index (κ3) is 2.68. The first-order chi connectivity index (χ1) is 8.51. The summed E-state index contributed by atoms with van der Waals surface area (Å²) in [5.41, 5.74) is 8.19. The molecule has 0 radical (unpaired) electrons. The van der Waals surface area contributed by atoms with Gasteiger partial charge < -0.3 is 10.8 Å². The van der Waals surface area contributed by atoms with E-state index in [4.69, 9.17) is 5.73 Å². The lowest BCUT2D eigenvalue weighted by atomic mass is 9.94. The van der Waals surface area contributed by atoms with Crippen LogP contribution in [-0.2, 0) is 0 Å². The molecule has 0 spiro atoms. The van der Waals surface area contributed by atoms with Crippen LogP contribution in [0, 0.1) is 5.92 Å². The second-order valence-electron chi connectivity index (χ2n) is 5.81. The lowest BCUT2D eigenvalue weighted by molar-refractivity contribution is 0.312. The summed E-state index contributed by atoms with van der Waals surface area (Å²) in [4.78, 5) is 2.34. The summed E-state index contributed by atoms with van der Waals surface area (Å²) >= 11 is 0. The van der Waals surface area contributed by atoms with Crippen LogP contribution in [0.15, 0.2) is 18.2 Å². The zero-order chi connectivity index (χ0) is 13.3. The standard InChI is InChI=1S/C15H24N2O/c1-10(2)12-5-13(7-14(18)6-12)15-4-11(8-16)9-17(15)3/h5-7,10-11,15,18H,4,8-9,16H2,1-3H3. The van der Waals surface area contributed by atoms with Gasteiger partial charge in [0.15, 0.2) is 0 Å². The molecule has 1 aromatic rings. The average molecular weight is 248 g/mol. The molecular formula is C15H24N2O. The maximum atomic E-state index is 9.87. The van der Waals surface area contributed by atoms with E-state index in [2.05, 4.69) is 31.9 Å². The molecule has 2 atom stereocenters. The summed E-state index contributed by atoms with van der Waals surface area (Å²) in [6, 6.07) is 6.38. The average Bonchev–Trinajstić information content (AvgIpc) is 2.69. The van der Waals surface area contributed by atoms with Crippen LogP contribution in [0.1, 0.15) is 43.4 Å². The Balaban J connectivity index is 2.28. The van der Waals surface area contributed by atoms with Gasteiger partial charge in [-0.2, -0.15) is 0 Å². The van der Waals surface area contributed by atoms with Gasteiger partial charge in [-0.25, -0.2) is 0 Å². The molecule has 1 fully saturated rings. The summed E-state index contributed by atoms with van der Waals surface area (Å²) in [5.74, 6) is 1.39. The molecule has 0 saturated carbocycles. The molecule has 0 amide bonds. The van der Waals surface area contributed by atoms with E-state index in [0.717, 1.165) is 19.5 Å². The van der Waals surface area contributed by atoms with Crippen molar-refractivity contribution in [2.45, 2.75) is 32.2 Å². The fraction of sp³-hybridized carbons (Fsp3) is 0.600. The molecule has 2 unspecified atom stereocenters. The van der Waals surface area contributed by atoms with Crippen molar-refractivity contribution in [3.63, 3.8) is 0 Å². The molecule has 100 valence electrons. The van der Waals surface area contributed by atoms with E-state index in [-0.39, 0.29) is 0 Å². The number of phenolic OH excluding ortho intramolecular Hbond substituents is 1. The van der Waals surface area contributed by atoms with Crippen molar-refractivity contribution in [1.29, 1.82) is 0 Å². The van der Waals surface area contributed by atoms with Crippen molar-refractivity contribution < 1.29 is 5.11 Å². The third-order valence-electron chi connectivity index (χ3n) is 3.98. The molecule has 0 aliphatic carbocycles. The van der Waals surface area contributed by atoms with E-state index < -0.39 is 0 Å². The van der Waals surface area contributed by atoms with Gasteiger partial charge in [-0.3, -0.25) is 4.90 Å². The molecule has 3 nitrogen and oxygen atoms in total. The number of nitrogens with two attached hydrogens (primary N) is 1. The van der Waals surface area contributed by atoms with Gasteiger partial charge in [0.25, 0.3) is 0 Å². The van der Waals surface area contributed by atoms with Gasteiger partial charge in [0.1, 0.15) is 5.75 Å². The Morgan fingerprint density at radius 1 is 1.39 bits per heavy atom. The minimum absolute atomic E-state index is 0.376. The van der Waals surface area contributed by atoms with Crippen molar-refractivity contribution in [2.75, 3.05) is 20.1 Å². The molecule has 1 aliphatic heterocycles. The van der Waals surface area contributed by atoms with E-state index >= 15 is 0 Å². The highest BCUT2D eigenvalue weighted by Crippen LogP contribution is 2.36. The predicted molar refractivity (Wildman–Crippen MR) is 74.7 cm³/mol. The number of hydrogen-bond donors (Lipinski definition) is 2. The Morgan fingerprint density at radius 3 is 2.67 bits per heavy atom. The lowest BCUT2D eigenvalue weighted by Gasteiger charge is -2.21. The van der Waals surface area contributed by atoms with Crippen molar-refractivity contribution >= 4 is 0 Å². The van der Waals surface area contributed by atoms with Crippen LogP contribution in [0.5, 0.6) is 5.75 Å². The number of aromatic hydroxyl groups is 1. The summed E-state index contributed by atoms with van der Waals surface area (Å²) in [5, 5.41) is 9.87. The highest BCUT2D eigenvalue weighted by atomic mass is 16.3. The van der Waals surface area contributed by atoms with Crippen LogP contribution in [0.3, 0.4) is 0 Å². The molecule has 0 aromatic heterocycles. The maximum absolute atomic E-state index is 9.87. The zero-order valence-electron chi connectivity index (χ0n) is 11.6. The zero-order valence-corrected chi connectivity index (χ0v) is 11.6. The highest BCUT2D eigenvalue weighted by molar-refractivity contribution is 5.37. The Kier molecular flexibility index (Phi) is 3.93. The third-order valence-corrected chi connectivity index (χ3v) is 3.98. The fourth-order valence-corrected chi connectivity index (χ4v) is 2.85. The van der Waals surface area contributed by atoms with Gasteiger partial charge in [-0.1, -0.05) is 19.9 Å². The van der Waals surface area contributed by atoms with Crippen LogP contribution in [0.4, 0.5) is 0 Å². The molecule has 3 heteroatoms. The van der Waals surface area contributed by atoms with E-state index in [1.165, 1.54) is 11.1 Å². The Morgan fingerprint density at radius 2 is 2.11 bits per heavy atom. The van der Waals surface area contributed by atoms with Gasteiger partial charge in [-0.05, 0) is 55.1 Å². The van der Waals surface area contributed by atoms with Crippen molar-refractivity contribution in [3.05, 3.63) is 29.3 Å². The van der Waals surface area contributed by atoms with Gasteiger partial charge in [0.05, 0.1) is 0 Å². The molecular weight excluding hydrogens is 224 g/mol. The van der Waals surface area contributed by atoms with E-state index in [1.54, 1.807) is 0 Å². The van der Waals surface area contributed by atoms with Crippen molar-refractivity contribution in [1.82, 2.24) is 4.90 Å². The van der Waals surface area contributed by atoms with Crippen LogP contribution >= 0.6 is 0 Å². The maximum Gasteiger partial charge on any atom is 0.116 e. The Labute approximate surface area is 110 Å². The number of benzene rings is 1. The summed E-state index contributed by atoms with van der Waals surface area (Å²) in [6.07, 6.45) is 1.09. The summed E-state index contributed by atoms with van der Waals surface area (Å²) < 4.78 is 0. The topological polar surface area (TPSA) is 49.5 Å². The smallest absolute Gasteiger partial charge is 0.116 e. The van der Waals surface area contributed by atoms with E-state index in [9.17, 15) is 5.11 Å². The second-order valence-corrected chi connectivity index (χ2v) is 5.81. The second kappa shape index (κ2) is 5.29. The molecule has 1 saturated heterocycles. The minimum atomic E-state index is 0.376. The molecule has 2 rings (SSSR count). The van der Waals surface area contributed by atoms with Crippen molar-refractivity contribution in [3.8, 4) is 5.75 Å². The molecule has 1 aromatic carbocycles. The predicted octanol–water partition coefficient (Wildman–Crippen LogP) is 2.47. The Bertz CT molecular complexity index is 417. The Hall–Kier alpha value is -1.06. The number of rotatable bonds is 3. The number of hydrogen-bond acceptors (Lipinski definition) is 3. The molecule has 1 heterocycles. The fourth-order valence-electron chi connectivity index (χ4n) is 2.85. The molecule has 3 N–H and O–H groups in total. The number of phenols is 1. The van der Waals surface area contributed by atoms with Crippen LogP contribution in [-0.4, -0.2) is 30.1 Å². The summed E-state index contributed by atoms with van der Waals surface area (Å²) in [6.45, 7) is 6.10. The number of likely N-dealkylation sites (tertiary alicyclic amines) is 1. The lowest BCUT2D eigenvalue weighted by Crippen LogP contribution is -2.20. The molecule has 18 heavy (non-hydrogen) atoms. The van der Waals surface area contributed by atoms with E-state index in [0.29, 0.717) is 23.6 Å². The SMILES string of the molecule is CC(C)c1cc(O)cc(C2CC(CN)CN2C)c1. The molecule has 1 aliphatic rings. The monoisotopic (exact) mass is 248 g/mol. The highest BCUT2D eigenvalue weighted by Gasteiger charge is 2.30. The largest absolute Gasteiger partial charge is 0.508 e. The first-order valence-corrected chi connectivity index (χ1v) is 6.75.